The maximum Gasteiger partial charge on any atom is 0.270 e. The summed E-state index contributed by atoms with van der Waals surface area (Å²) in [5, 5.41) is 27.0. The molecule has 0 bridgehead atoms. The SMILES string of the molecule is Cc1ccc(NCC(=O)N/N=C\c2cc([N+](=O)[O-])ccc2O)cc1C. The number of nitrogens with one attached hydrogen (secondary N) is 2. The maximum atomic E-state index is 11.8. The predicted octanol–water partition coefficient (Wildman–Crippen LogP) is 2.48. The predicted molar refractivity (Wildman–Crippen MR) is 94.9 cm³/mol. The zero-order chi connectivity index (χ0) is 18.4. The molecule has 0 aliphatic rings. The number of carbonyl (C=O) groups is 1. The van der Waals surface area contributed by atoms with Crippen molar-refractivity contribution >= 4 is 23.5 Å². The number of hydrogen-bond acceptors (Lipinski definition) is 6. The van der Waals surface area contributed by atoms with Crippen LogP contribution < -0.4 is 10.7 Å². The molecule has 0 saturated heterocycles. The molecule has 0 spiro atoms. The van der Waals surface area contributed by atoms with Crippen molar-refractivity contribution in [2.24, 2.45) is 5.10 Å². The first-order chi connectivity index (χ1) is 11.9. The van der Waals surface area contributed by atoms with E-state index in [1.807, 2.05) is 32.0 Å². The highest BCUT2D eigenvalue weighted by atomic mass is 16.6. The molecule has 0 unspecified atom stereocenters. The van der Waals surface area contributed by atoms with Gasteiger partial charge in [-0.15, -0.1) is 0 Å². The van der Waals surface area contributed by atoms with E-state index in [0.29, 0.717) is 0 Å². The number of amides is 1. The van der Waals surface area contributed by atoms with Gasteiger partial charge < -0.3 is 10.4 Å². The van der Waals surface area contributed by atoms with E-state index in [4.69, 9.17) is 0 Å². The Labute approximate surface area is 144 Å². The number of hydrogen-bond donors (Lipinski definition) is 3. The summed E-state index contributed by atoms with van der Waals surface area (Å²) in [4.78, 5) is 21.9. The van der Waals surface area contributed by atoms with Crippen molar-refractivity contribution < 1.29 is 14.8 Å². The van der Waals surface area contributed by atoms with Gasteiger partial charge in [-0.2, -0.15) is 5.10 Å². The van der Waals surface area contributed by atoms with Crippen molar-refractivity contribution in [3.8, 4) is 5.75 Å². The molecule has 25 heavy (non-hydrogen) atoms. The van der Waals surface area contributed by atoms with Crippen molar-refractivity contribution in [1.82, 2.24) is 5.43 Å². The monoisotopic (exact) mass is 342 g/mol. The smallest absolute Gasteiger partial charge is 0.270 e. The zero-order valence-electron chi connectivity index (χ0n) is 13.8. The number of benzene rings is 2. The molecular weight excluding hydrogens is 324 g/mol. The first-order valence-electron chi connectivity index (χ1n) is 7.47. The highest BCUT2D eigenvalue weighted by molar-refractivity contribution is 5.86. The zero-order valence-corrected chi connectivity index (χ0v) is 13.8. The lowest BCUT2D eigenvalue weighted by molar-refractivity contribution is -0.384. The number of non-ortho nitro benzene ring substituents is 1. The molecule has 2 aromatic rings. The van der Waals surface area contributed by atoms with Crippen LogP contribution in [0, 0.1) is 24.0 Å². The minimum Gasteiger partial charge on any atom is -0.507 e. The molecule has 130 valence electrons. The third kappa shape index (κ3) is 5.03. The van der Waals surface area contributed by atoms with Crippen LogP contribution in [0.25, 0.3) is 0 Å². The van der Waals surface area contributed by atoms with Gasteiger partial charge in [0.15, 0.2) is 0 Å². The number of aryl methyl sites for hydroxylation is 2. The van der Waals surface area contributed by atoms with Crippen LogP contribution in [0.4, 0.5) is 11.4 Å². The normalized spacial score (nSPS) is 10.6. The van der Waals surface area contributed by atoms with E-state index in [-0.39, 0.29) is 29.5 Å². The third-order valence-corrected chi connectivity index (χ3v) is 3.57. The number of aromatic hydroxyl groups is 1. The van der Waals surface area contributed by atoms with Crippen molar-refractivity contribution in [3.05, 3.63) is 63.2 Å². The summed E-state index contributed by atoms with van der Waals surface area (Å²) in [6.45, 7) is 4.00. The Morgan fingerprint density at radius 2 is 2.00 bits per heavy atom. The summed E-state index contributed by atoms with van der Waals surface area (Å²) in [6.07, 6.45) is 1.15. The van der Waals surface area contributed by atoms with Crippen molar-refractivity contribution in [2.45, 2.75) is 13.8 Å². The molecular formula is C17H18N4O4. The second-order valence-corrected chi connectivity index (χ2v) is 5.45. The van der Waals surface area contributed by atoms with Gasteiger partial charge in [0.25, 0.3) is 11.6 Å². The van der Waals surface area contributed by atoms with Gasteiger partial charge in [-0.25, -0.2) is 5.43 Å². The lowest BCUT2D eigenvalue weighted by atomic mass is 10.1. The number of nitro groups is 1. The minimum atomic E-state index is -0.581. The van der Waals surface area contributed by atoms with Crippen LogP contribution in [0.5, 0.6) is 5.75 Å². The van der Waals surface area contributed by atoms with Crippen LogP contribution in [-0.2, 0) is 4.79 Å². The third-order valence-electron chi connectivity index (χ3n) is 3.57. The Kier molecular flexibility index (Phi) is 5.67. The van der Waals surface area contributed by atoms with E-state index in [1.165, 1.54) is 12.1 Å². The lowest BCUT2D eigenvalue weighted by Gasteiger charge is -2.07. The summed E-state index contributed by atoms with van der Waals surface area (Å²) < 4.78 is 0. The standard InChI is InChI=1S/C17H18N4O4/c1-11-3-4-14(7-12(11)2)18-10-17(23)20-19-9-13-8-15(21(24)25)5-6-16(13)22/h3-9,18,22H,10H2,1-2H3,(H,20,23)/b19-9-. The van der Waals surface area contributed by atoms with E-state index in [0.717, 1.165) is 29.1 Å². The van der Waals surface area contributed by atoms with Crippen molar-refractivity contribution in [3.63, 3.8) is 0 Å². The molecule has 0 atom stereocenters. The average molecular weight is 342 g/mol. The fourth-order valence-electron chi connectivity index (χ4n) is 2.01. The molecule has 0 radical (unpaired) electrons. The van der Waals surface area contributed by atoms with Gasteiger partial charge >= 0.3 is 0 Å². The first kappa shape index (κ1) is 17.9. The number of phenolic OH excluding ortho intramolecular Hbond substituents is 1. The molecule has 2 rings (SSSR count). The summed E-state index contributed by atoms with van der Waals surface area (Å²) in [5.74, 6) is -0.559. The van der Waals surface area contributed by atoms with E-state index in [2.05, 4.69) is 15.8 Å². The number of anilines is 1. The quantitative estimate of drug-likeness (QED) is 0.423. The highest BCUT2D eigenvalue weighted by Crippen LogP contribution is 2.21. The summed E-state index contributed by atoms with van der Waals surface area (Å²) in [7, 11) is 0. The first-order valence-corrected chi connectivity index (χ1v) is 7.47. The fourth-order valence-corrected chi connectivity index (χ4v) is 2.01. The molecule has 1 amide bonds. The summed E-state index contributed by atoms with van der Waals surface area (Å²) in [6, 6.07) is 9.31. The minimum absolute atomic E-state index is 0.0146. The Balaban J connectivity index is 1.91. The van der Waals surface area contributed by atoms with Crippen LogP contribution in [0.3, 0.4) is 0 Å². The van der Waals surface area contributed by atoms with Crippen molar-refractivity contribution in [2.75, 3.05) is 11.9 Å². The van der Waals surface area contributed by atoms with E-state index in [9.17, 15) is 20.0 Å². The highest BCUT2D eigenvalue weighted by Gasteiger charge is 2.09. The fraction of sp³-hybridized carbons (Fsp3) is 0.176. The molecule has 0 fully saturated rings. The Bertz CT molecular complexity index is 833. The Hall–Kier alpha value is -3.42. The average Bonchev–Trinajstić information content (AvgIpc) is 2.57. The summed E-state index contributed by atoms with van der Waals surface area (Å²) >= 11 is 0. The molecule has 0 heterocycles. The van der Waals surface area contributed by atoms with Crippen molar-refractivity contribution in [1.29, 1.82) is 0 Å². The number of hydrazone groups is 1. The van der Waals surface area contributed by atoms with Crippen LogP contribution in [0.15, 0.2) is 41.5 Å². The number of rotatable bonds is 6. The number of nitro benzene ring substituents is 1. The molecule has 8 nitrogen and oxygen atoms in total. The molecule has 8 heteroatoms. The maximum absolute atomic E-state index is 11.8. The van der Waals surface area contributed by atoms with Gasteiger partial charge in [0.1, 0.15) is 5.75 Å². The van der Waals surface area contributed by atoms with Crippen LogP contribution >= 0.6 is 0 Å². The van der Waals surface area contributed by atoms with E-state index >= 15 is 0 Å². The molecule has 0 aliphatic heterocycles. The summed E-state index contributed by atoms with van der Waals surface area (Å²) in [5.41, 5.74) is 5.34. The number of carbonyl (C=O) groups excluding carboxylic acids is 1. The number of nitrogens with zero attached hydrogens (tertiary/aromatic N) is 2. The second-order valence-electron chi connectivity index (χ2n) is 5.45. The van der Waals surface area contributed by atoms with Gasteiger partial charge in [0, 0.05) is 23.4 Å². The topological polar surface area (TPSA) is 117 Å². The largest absolute Gasteiger partial charge is 0.507 e. The molecule has 2 aromatic carbocycles. The molecule has 0 aromatic heterocycles. The Morgan fingerprint density at radius 1 is 1.24 bits per heavy atom. The lowest BCUT2D eigenvalue weighted by Crippen LogP contribution is -2.25. The van der Waals surface area contributed by atoms with Crippen LogP contribution in [0.1, 0.15) is 16.7 Å². The van der Waals surface area contributed by atoms with Gasteiger partial charge in [0.2, 0.25) is 0 Å². The molecule has 0 saturated carbocycles. The van der Waals surface area contributed by atoms with E-state index in [1.54, 1.807) is 0 Å². The van der Waals surface area contributed by atoms with Gasteiger partial charge in [-0.3, -0.25) is 14.9 Å². The van der Waals surface area contributed by atoms with Gasteiger partial charge in [-0.05, 0) is 43.2 Å². The van der Waals surface area contributed by atoms with Gasteiger partial charge in [0.05, 0.1) is 17.7 Å². The second kappa shape index (κ2) is 7.91. The van der Waals surface area contributed by atoms with Crippen LogP contribution in [0.2, 0.25) is 0 Å². The molecule has 3 N–H and O–H groups in total. The van der Waals surface area contributed by atoms with Gasteiger partial charge in [-0.1, -0.05) is 6.07 Å². The Morgan fingerprint density at radius 3 is 2.68 bits per heavy atom. The number of phenols is 1. The van der Waals surface area contributed by atoms with Crippen LogP contribution in [-0.4, -0.2) is 28.7 Å². The molecule has 0 aliphatic carbocycles. The van der Waals surface area contributed by atoms with E-state index < -0.39 is 4.92 Å².